The van der Waals surface area contributed by atoms with Crippen LogP contribution in [-0.4, -0.2) is 17.6 Å². The Balaban J connectivity index is 2.57. The SMILES string of the molecule is CC(C)COc1ccnc(CC(C)N)c1. The molecule has 1 aromatic rings. The minimum Gasteiger partial charge on any atom is -0.493 e. The summed E-state index contributed by atoms with van der Waals surface area (Å²) >= 11 is 0. The Morgan fingerprint density at radius 3 is 2.73 bits per heavy atom. The Morgan fingerprint density at radius 1 is 1.40 bits per heavy atom. The number of nitrogens with two attached hydrogens (primary N) is 1. The van der Waals surface area contributed by atoms with E-state index in [0.29, 0.717) is 5.92 Å². The molecule has 1 heterocycles. The van der Waals surface area contributed by atoms with Crippen molar-refractivity contribution in [1.82, 2.24) is 4.98 Å². The first kappa shape index (κ1) is 12.0. The number of rotatable bonds is 5. The smallest absolute Gasteiger partial charge is 0.122 e. The van der Waals surface area contributed by atoms with Crippen LogP contribution < -0.4 is 10.5 Å². The first-order chi connectivity index (χ1) is 7.08. The van der Waals surface area contributed by atoms with Gasteiger partial charge in [0.2, 0.25) is 0 Å². The lowest BCUT2D eigenvalue weighted by atomic mass is 10.2. The third-order valence-corrected chi connectivity index (χ3v) is 1.90. The van der Waals surface area contributed by atoms with Gasteiger partial charge in [-0.1, -0.05) is 13.8 Å². The molecule has 1 aromatic heterocycles. The molecule has 1 rings (SSSR count). The summed E-state index contributed by atoms with van der Waals surface area (Å²) in [5.41, 5.74) is 6.71. The van der Waals surface area contributed by atoms with Crippen LogP contribution in [-0.2, 0) is 6.42 Å². The minimum atomic E-state index is 0.137. The highest BCUT2D eigenvalue weighted by Gasteiger charge is 2.02. The van der Waals surface area contributed by atoms with Crippen molar-refractivity contribution in [3.8, 4) is 5.75 Å². The molecule has 15 heavy (non-hydrogen) atoms. The third-order valence-electron chi connectivity index (χ3n) is 1.90. The number of hydrogen-bond donors (Lipinski definition) is 1. The number of ether oxygens (including phenoxy) is 1. The van der Waals surface area contributed by atoms with Crippen molar-refractivity contribution >= 4 is 0 Å². The van der Waals surface area contributed by atoms with E-state index in [0.717, 1.165) is 24.5 Å². The van der Waals surface area contributed by atoms with Gasteiger partial charge in [0.1, 0.15) is 5.75 Å². The van der Waals surface area contributed by atoms with Gasteiger partial charge in [0, 0.05) is 30.4 Å². The summed E-state index contributed by atoms with van der Waals surface area (Å²) in [4.78, 5) is 4.25. The highest BCUT2D eigenvalue weighted by molar-refractivity contribution is 5.23. The van der Waals surface area contributed by atoms with Gasteiger partial charge < -0.3 is 10.5 Å². The van der Waals surface area contributed by atoms with Gasteiger partial charge in [-0.3, -0.25) is 4.98 Å². The molecule has 0 radical (unpaired) electrons. The second kappa shape index (κ2) is 5.71. The van der Waals surface area contributed by atoms with Crippen LogP contribution in [0.3, 0.4) is 0 Å². The number of pyridine rings is 1. The number of hydrogen-bond acceptors (Lipinski definition) is 3. The van der Waals surface area contributed by atoms with Gasteiger partial charge in [-0.05, 0) is 18.9 Å². The first-order valence-corrected chi connectivity index (χ1v) is 5.41. The predicted octanol–water partition coefficient (Wildman–Crippen LogP) is 2.01. The van der Waals surface area contributed by atoms with E-state index in [1.807, 2.05) is 19.1 Å². The van der Waals surface area contributed by atoms with E-state index < -0.39 is 0 Å². The summed E-state index contributed by atoms with van der Waals surface area (Å²) in [5, 5.41) is 0. The van der Waals surface area contributed by atoms with Gasteiger partial charge >= 0.3 is 0 Å². The van der Waals surface area contributed by atoms with Crippen molar-refractivity contribution in [2.24, 2.45) is 11.7 Å². The molecule has 0 bridgehead atoms. The van der Waals surface area contributed by atoms with Gasteiger partial charge in [0.05, 0.1) is 6.61 Å². The molecule has 1 atom stereocenters. The maximum atomic E-state index is 5.72. The predicted molar refractivity (Wildman–Crippen MR) is 61.9 cm³/mol. The molecule has 0 spiro atoms. The first-order valence-electron chi connectivity index (χ1n) is 5.41. The molecule has 0 saturated heterocycles. The van der Waals surface area contributed by atoms with Gasteiger partial charge in [0.15, 0.2) is 0 Å². The molecule has 0 aliphatic heterocycles. The van der Waals surface area contributed by atoms with Crippen molar-refractivity contribution < 1.29 is 4.74 Å². The van der Waals surface area contributed by atoms with Crippen LogP contribution in [0.5, 0.6) is 5.75 Å². The Bertz CT molecular complexity index is 297. The van der Waals surface area contributed by atoms with Crippen LogP contribution in [0.2, 0.25) is 0 Å². The molecule has 0 saturated carbocycles. The summed E-state index contributed by atoms with van der Waals surface area (Å²) in [7, 11) is 0. The summed E-state index contributed by atoms with van der Waals surface area (Å²) in [5.74, 6) is 1.42. The largest absolute Gasteiger partial charge is 0.493 e. The quantitative estimate of drug-likeness (QED) is 0.805. The summed E-state index contributed by atoms with van der Waals surface area (Å²) in [6.07, 6.45) is 2.56. The van der Waals surface area contributed by atoms with Crippen LogP contribution >= 0.6 is 0 Å². The summed E-state index contributed by atoms with van der Waals surface area (Å²) in [6.45, 7) is 6.97. The Hall–Kier alpha value is -1.09. The molecular formula is C12H20N2O. The molecular weight excluding hydrogens is 188 g/mol. The average molecular weight is 208 g/mol. The van der Waals surface area contributed by atoms with Crippen molar-refractivity contribution in [3.63, 3.8) is 0 Å². The zero-order valence-corrected chi connectivity index (χ0v) is 9.73. The zero-order chi connectivity index (χ0) is 11.3. The maximum absolute atomic E-state index is 5.72. The van der Waals surface area contributed by atoms with E-state index >= 15 is 0 Å². The highest BCUT2D eigenvalue weighted by Crippen LogP contribution is 2.13. The van der Waals surface area contributed by atoms with Gasteiger partial charge in [-0.15, -0.1) is 0 Å². The second-order valence-electron chi connectivity index (χ2n) is 4.37. The van der Waals surface area contributed by atoms with E-state index in [-0.39, 0.29) is 6.04 Å². The van der Waals surface area contributed by atoms with Crippen molar-refractivity contribution in [2.45, 2.75) is 33.2 Å². The fourth-order valence-electron chi connectivity index (χ4n) is 1.25. The molecule has 0 aromatic carbocycles. The lowest BCUT2D eigenvalue weighted by Gasteiger charge is -2.10. The normalized spacial score (nSPS) is 12.9. The molecule has 3 heteroatoms. The maximum Gasteiger partial charge on any atom is 0.122 e. The Morgan fingerprint density at radius 2 is 2.13 bits per heavy atom. The second-order valence-corrected chi connectivity index (χ2v) is 4.37. The van der Waals surface area contributed by atoms with E-state index in [9.17, 15) is 0 Å². The Kier molecular flexibility index (Phi) is 4.56. The fourth-order valence-corrected chi connectivity index (χ4v) is 1.25. The minimum absolute atomic E-state index is 0.137. The van der Waals surface area contributed by atoms with Crippen LogP contribution in [0, 0.1) is 5.92 Å². The lowest BCUT2D eigenvalue weighted by molar-refractivity contribution is 0.270. The van der Waals surface area contributed by atoms with Gasteiger partial charge in [-0.25, -0.2) is 0 Å². The zero-order valence-electron chi connectivity index (χ0n) is 9.73. The summed E-state index contributed by atoms with van der Waals surface area (Å²) in [6, 6.07) is 3.98. The standard InChI is InChI=1S/C12H20N2O/c1-9(2)8-15-12-4-5-14-11(7-12)6-10(3)13/h4-5,7,9-10H,6,8,13H2,1-3H3. The number of aromatic nitrogens is 1. The molecule has 0 fully saturated rings. The fraction of sp³-hybridized carbons (Fsp3) is 0.583. The van der Waals surface area contributed by atoms with E-state index in [4.69, 9.17) is 10.5 Å². The lowest BCUT2D eigenvalue weighted by Crippen LogP contribution is -2.18. The topological polar surface area (TPSA) is 48.1 Å². The van der Waals surface area contributed by atoms with Crippen molar-refractivity contribution in [3.05, 3.63) is 24.0 Å². The molecule has 84 valence electrons. The van der Waals surface area contributed by atoms with E-state index in [2.05, 4.69) is 18.8 Å². The van der Waals surface area contributed by atoms with Gasteiger partial charge in [-0.2, -0.15) is 0 Å². The molecule has 0 amide bonds. The Labute approximate surface area is 91.7 Å². The molecule has 3 nitrogen and oxygen atoms in total. The third kappa shape index (κ3) is 4.79. The summed E-state index contributed by atoms with van der Waals surface area (Å²) < 4.78 is 5.61. The average Bonchev–Trinajstić information content (AvgIpc) is 2.14. The van der Waals surface area contributed by atoms with Crippen molar-refractivity contribution in [2.75, 3.05) is 6.61 Å². The molecule has 2 N–H and O–H groups in total. The molecule has 1 unspecified atom stereocenters. The van der Waals surface area contributed by atoms with Crippen molar-refractivity contribution in [1.29, 1.82) is 0 Å². The number of nitrogens with zero attached hydrogens (tertiary/aromatic N) is 1. The monoisotopic (exact) mass is 208 g/mol. The van der Waals surface area contributed by atoms with Crippen LogP contribution in [0.15, 0.2) is 18.3 Å². The highest BCUT2D eigenvalue weighted by atomic mass is 16.5. The van der Waals surface area contributed by atoms with Crippen LogP contribution in [0.4, 0.5) is 0 Å². The van der Waals surface area contributed by atoms with E-state index in [1.54, 1.807) is 6.20 Å². The molecule has 0 aliphatic rings. The van der Waals surface area contributed by atoms with Crippen LogP contribution in [0.25, 0.3) is 0 Å². The molecule has 0 aliphatic carbocycles. The van der Waals surface area contributed by atoms with E-state index in [1.165, 1.54) is 0 Å². The van der Waals surface area contributed by atoms with Gasteiger partial charge in [0.25, 0.3) is 0 Å². The van der Waals surface area contributed by atoms with Crippen LogP contribution in [0.1, 0.15) is 26.5 Å².